The van der Waals surface area contributed by atoms with Crippen molar-refractivity contribution in [1.29, 1.82) is 0 Å². The van der Waals surface area contributed by atoms with E-state index in [-0.39, 0.29) is 17.6 Å². The minimum atomic E-state index is -0.825. The second-order valence-corrected chi connectivity index (χ2v) is 8.39. The number of amides is 1. The first-order valence-corrected chi connectivity index (χ1v) is 9.28. The molecule has 1 fully saturated rings. The molecule has 140 valence electrons. The second-order valence-electron chi connectivity index (χ2n) is 8.39. The normalized spacial score (nSPS) is 23.1. The minimum absolute atomic E-state index is 0.0491. The zero-order chi connectivity index (χ0) is 18.5. The van der Waals surface area contributed by atoms with Gasteiger partial charge in [0.2, 0.25) is 0 Å². The molecule has 1 aliphatic carbocycles. The fourth-order valence-electron chi connectivity index (χ4n) is 3.02. The van der Waals surface area contributed by atoms with Gasteiger partial charge in [-0.2, -0.15) is 0 Å². The van der Waals surface area contributed by atoms with E-state index in [4.69, 9.17) is 4.74 Å². The van der Waals surface area contributed by atoms with Crippen LogP contribution in [-0.4, -0.2) is 34.7 Å². The Morgan fingerprint density at radius 3 is 2.42 bits per heavy atom. The number of carbonyl (C=O) groups is 2. The summed E-state index contributed by atoms with van der Waals surface area (Å²) in [6.07, 6.45) is 2.95. The Kier molecular flexibility index (Phi) is 7.71. The van der Waals surface area contributed by atoms with E-state index in [9.17, 15) is 14.7 Å². The van der Waals surface area contributed by atoms with Crippen molar-refractivity contribution in [2.45, 2.75) is 91.4 Å². The summed E-state index contributed by atoms with van der Waals surface area (Å²) in [5.74, 6) is 0.301. The SMILES string of the molecule is CCCC[C@H](NC(=O)OC(C)(C)C)C(O)C1C(=O)C1CCC(C)C. The number of ketones is 1. The lowest BCUT2D eigenvalue weighted by Crippen LogP contribution is -2.46. The van der Waals surface area contributed by atoms with Crippen LogP contribution < -0.4 is 5.32 Å². The highest BCUT2D eigenvalue weighted by molar-refractivity contribution is 6.00. The molecular weight excluding hydrogens is 306 g/mol. The van der Waals surface area contributed by atoms with Crippen molar-refractivity contribution in [3.05, 3.63) is 0 Å². The van der Waals surface area contributed by atoms with Crippen LogP contribution in [0.15, 0.2) is 0 Å². The number of ether oxygens (including phenoxy) is 1. The number of aliphatic hydroxyl groups excluding tert-OH is 1. The molecule has 0 spiro atoms. The molecule has 4 atom stereocenters. The number of rotatable bonds is 9. The highest BCUT2D eigenvalue weighted by atomic mass is 16.6. The molecule has 0 bridgehead atoms. The molecular formula is C19H35NO4. The van der Waals surface area contributed by atoms with Crippen LogP contribution in [0.3, 0.4) is 0 Å². The standard InChI is InChI=1S/C19H35NO4/c1-7-8-9-14(20-18(23)24-19(4,5)6)17(22)15-13(16(15)21)11-10-12(2)3/h12-15,17,22H,7-11H2,1-6H3,(H,20,23)/t13?,14-,15?,17?/m0/s1. The van der Waals surface area contributed by atoms with Crippen molar-refractivity contribution in [3.63, 3.8) is 0 Å². The maximum Gasteiger partial charge on any atom is 0.407 e. The van der Waals surface area contributed by atoms with Crippen molar-refractivity contribution >= 4 is 11.9 Å². The van der Waals surface area contributed by atoms with Crippen molar-refractivity contribution in [1.82, 2.24) is 5.32 Å². The van der Waals surface area contributed by atoms with Gasteiger partial charge < -0.3 is 15.2 Å². The molecule has 0 aliphatic heterocycles. The van der Waals surface area contributed by atoms with Gasteiger partial charge in [0.1, 0.15) is 11.4 Å². The number of nitrogens with one attached hydrogen (secondary N) is 1. The Labute approximate surface area is 146 Å². The van der Waals surface area contributed by atoms with Crippen LogP contribution in [0.25, 0.3) is 0 Å². The smallest absolute Gasteiger partial charge is 0.407 e. The summed E-state index contributed by atoms with van der Waals surface area (Å²) >= 11 is 0. The Hall–Kier alpha value is -1.10. The summed E-state index contributed by atoms with van der Waals surface area (Å²) < 4.78 is 5.29. The Bertz CT molecular complexity index is 428. The second kappa shape index (κ2) is 8.84. The highest BCUT2D eigenvalue weighted by Gasteiger charge is 2.54. The maximum atomic E-state index is 12.1. The molecule has 0 radical (unpaired) electrons. The first kappa shape index (κ1) is 20.9. The molecule has 1 saturated carbocycles. The third kappa shape index (κ3) is 6.80. The number of unbranched alkanes of at least 4 members (excludes halogenated alkanes) is 1. The van der Waals surface area contributed by atoms with Gasteiger partial charge in [-0.25, -0.2) is 4.79 Å². The van der Waals surface area contributed by atoms with E-state index >= 15 is 0 Å². The van der Waals surface area contributed by atoms with Crippen molar-refractivity contribution in [3.8, 4) is 0 Å². The summed E-state index contributed by atoms with van der Waals surface area (Å²) in [6.45, 7) is 11.7. The van der Waals surface area contributed by atoms with Crippen LogP contribution in [0.4, 0.5) is 4.79 Å². The molecule has 5 heteroatoms. The van der Waals surface area contributed by atoms with E-state index in [1.807, 2.05) is 0 Å². The average molecular weight is 341 g/mol. The quantitative estimate of drug-likeness (QED) is 0.671. The van der Waals surface area contributed by atoms with Gasteiger partial charge in [-0.05, 0) is 39.5 Å². The fraction of sp³-hybridized carbons (Fsp3) is 0.895. The summed E-state index contributed by atoms with van der Waals surface area (Å²) in [7, 11) is 0. The largest absolute Gasteiger partial charge is 0.444 e. The number of aliphatic hydroxyl groups is 1. The molecule has 0 saturated heterocycles. The van der Waals surface area contributed by atoms with Gasteiger partial charge in [0.05, 0.1) is 18.1 Å². The summed E-state index contributed by atoms with van der Waals surface area (Å²) in [4.78, 5) is 24.1. The highest BCUT2D eigenvalue weighted by Crippen LogP contribution is 2.42. The van der Waals surface area contributed by atoms with Gasteiger partial charge in [0.25, 0.3) is 0 Å². The van der Waals surface area contributed by atoms with Gasteiger partial charge in [-0.15, -0.1) is 0 Å². The molecule has 1 rings (SSSR count). The average Bonchev–Trinajstić information content (AvgIpc) is 3.08. The first-order valence-electron chi connectivity index (χ1n) is 9.28. The van der Waals surface area contributed by atoms with Crippen molar-refractivity contribution in [2.24, 2.45) is 17.8 Å². The van der Waals surface area contributed by atoms with E-state index < -0.39 is 23.8 Å². The third-order valence-electron chi connectivity index (χ3n) is 4.42. The van der Waals surface area contributed by atoms with E-state index in [1.54, 1.807) is 20.8 Å². The Morgan fingerprint density at radius 2 is 1.92 bits per heavy atom. The number of alkyl carbamates (subject to hydrolysis) is 1. The zero-order valence-corrected chi connectivity index (χ0v) is 16.1. The lowest BCUT2D eigenvalue weighted by Gasteiger charge is -2.26. The monoisotopic (exact) mass is 341 g/mol. The zero-order valence-electron chi connectivity index (χ0n) is 16.1. The Morgan fingerprint density at radius 1 is 1.29 bits per heavy atom. The maximum absolute atomic E-state index is 12.1. The van der Waals surface area contributed by atoms with Gasteiger partial charge in [-0.3, -0.25) is 4.79 Å². The topological polar surface area (TPSA) is 75.6 Å². The molecule has 0 heterocycles. The predicted octanol–water partition coefficient (Wildman–Crippen LogP) is 3.68. The fourth-order valence-corrected chi connectivity index (χ4v) is 3.02. The molecule has 24 heavy (non-hydrogen) atoms. The molecule has 1 amide bonds. The Balaban J connectivity index is 2.63. The lowest BCUT2D eigenvalue weighted by molar-refractivity contribution is -0.113. The summed E-state index contributed by atoms with van der Waals surface area (Å²) in [6, 6.07) is -0.433. The van der Waals surface area contributed by atoms with E-state index in [1.165, 1.54) is 0 Å². The van der Waals surface area contributed by atoms with Crippen LogP contribution in [0, 0.1) is 17.8 Å². The summed E-state index contributed by atoms with van der Waals surface area (Å²) in [5, 5.41) is 13.4. The van der Waals surface area contributed by atoms with Gasteiger partial charge in [-0.1, -0.05) is 40.0 Å². The van der Waals surface area contributed by atoms with Crippen LogP contribution in [0.5, 0.6) is 0 Å². The van der Waals surface area contributed by atoms with E-state index in [2.05, 4.69) is 26.1 Å². The molecule has 2 N–H and O–H groups in total. The third-order valence-corrected chi connectivity index (χ3v) is 4.42. The van der Waals surface area contributed by atoms with E-state index in [0.717, 1.165) is 25.7 Å². The number of carbonyl (C=O) groups excluding carboxylic acids is 2. The number of hydrogen-bond donors (Lipinski definition) is 2. The van der Waals surface area contributed by atoms with Gasteiger partial charge in [0.15, 0.2) is 0 Å². The van der Waals surface area contributed by atoms with Crippen LogP contribution in [0.2, 0.25) is 0 Å². The van der Waals surface area contributed by atoms with Crippen LogP contribution in [0.1, 0.15) is 73.6 Å². The number of hydrogen-bond acceptors (Lipinski definition) is 4. The van der Waals surface area contributed by atoms with E-state index in [0.29, 0.717) is 12.3 Å². The molecule has 1 aliphatic rings. The summed E-state index contributed by atoms with van der Waals surface area (Å²) in [5.41, 5.74) is -0.584. The lowest BCUT2D eigenvalue weighted by atomic mass is 9.97. The molecule has 0 aromatic rings. The molecule has 0 aromatic carbocycles. The van der Waals surface area contributed by atoms with Crippen molar-refractivity contribution in [2.75, 3.05) is 0 Å². The van der Waals surface area contributed by atoms with Crippen LogP contribution in [-0.2, 0) is 9.53 Å². The van der Waals surface area contributed by atoms with Crippen LogP contribution >= 0.6 is 0 Å². The predicted molar refractivity (Wildman–Crippen MR) is 94.7 cm³/mol. The molecule has 5 nitrogen and oxygen atoms in total. The number of Topliss-reactive ketones (excluding diaryl/α,β-unsaturated/α-hetero) is 1. The minimum Gasteiger partial charge on any atom is -0.444 e. The molecule has 0 aromatic heterocycles. The molecule has 3 unspecified atom stereocenters. The van der Waals surface area contributed by atoms with Gasteiger partial charge >= 0.3 is 6.09 Å². The van der Waals surface area contributed by atoms with Crippen molar-refractivity contribution < 1.29 is 19.4 Å². The van der Waals surface area contributed by atoms with Gasteiger partial charge in [0, 0.05) is 5.92 Å². The first-order chi connectivity index (χ1) is 11.1.